The number of hydrogen-bond acceptors (Lipinski definition) is 8. The molecule has 3 aromatic rings. The number of benzene rings is 1. The lowest BCUT2D eigenvalue weighted by atomic mass is 9.89. The van der Waals surface area contributed by atoms with E-state index in [9.17, 15) is 14.9 Å². The molecule has 0 spiro atoms. The van der Waals surface area contributed by atoms with E-state index in [0.29, 0.717) is 28.8 Å². The van der Waals surface area contributed by atoms with Crippen LogP contribution in [-0.4, -0.2) is 21.7 Å². The zero-order chi connectivity index (χ0) is 22.4. The first-order valence-corrected chi connectivity index (χ1v) is 12.4. The van der Waals surface area contributed by atoms with Gasteiger partial charge < -0.3 is 14.5 Å². The molecule has 2 aliphatic rings. The summed E-state index contributed by atoms with van der Waals surface area (Å²) in [6, 6.07) is 3.05. The Kier molecular flexibility index (Phi) is 5.68. The third-order valence-corrected chi connectivity index (χ3v) is 8.39. The maximum absolute atomic E-state index is 12.9. The summed E-state index contributed by atoms with van der Waals surface area (Å²) in [5.74, 6) is 2.41. The van der Waals surface area contributed by atoms with Gasteiger partial charge in [-0.1, -0.05) is 6.92 Å². The fraction of sp³-hybridized carbons (Fsp3) is 0.455. The van der Waals surface area contributed by atoms with Crippen LogP contribution in [0.15, 0.2) is 16.9 Å². The van der Waals surface area contributed by atoms with Gasteiger partial charge >= 0.3 is 0 Å². The normalized spacial score (nSPS) is 18.6. The van der Waals surface area contributed by atoms with Crippen molar-refractivity contribution in [1.82, 2.24) is 9.97 Å². The third kappa shape index (κ3) is 3.91. The molecule has 0 bridgehead atoms. The fourth-order valence-corrected chi connectivity index (χ4v) is 6.65. The molecule has 10 heteroatoms. The van der Waals surface area contributed by atoms with Gasteiger partial charge in [-0.2, -0.15) is 0 Å². The number of aromatic amines is 1. The van der Waals surface area contributed by atoms with E-state index >= 15 is 0 Å². The lowest BCUT2D eigenvalue weighted by molar-refractivity contribution is -0.385. The van der Waals surface area contributed by atoms with Crippen molar-refractivity contribution < 1.29 is 14.4 Å². The van der Waals surface area contributed by atoms with Crippen LogP contribution in [0.25, 0.3) is 10.2 Å². The Labute approximate surface area is 192 Å². The number of nitrogens with one attached hydrogen (secondary N) is 1. The monoisotopic (exact) mass is 473 g/mol. The van der Waals surface area contributed by atoms with Gasteiger partial charge in [0, 0.05) is 33.9 Å². The smallest absolute Gasteiger partial charge is 0.270 e. The average molecular weight is 474 g/mol. The molecule has 2 aromatic heterocycles. The van der Waals surface area contributed by atoms with Gasteiger partial charge in [0.2, 0.25) is 0 Å². The van der Waals surface area contributed by atoms with Gasteiger partial charge in [-0.15, -0.1) is 23.1 Å². The molecule has 0 saturated heterocycles. The van der Waals surface area contributed by atoms with E-state index in [1.165, 1.54) is 16.5 Å². The van der Waals surface area contributed by atoms with Crippen molar-refractivity contribution in [2.75, 3.05) is 6.79 Å². The number of H-pyrrole nitrogens is 1. The minimum Gasteiger partial charge on any atom is -0.467 e. The van der Waals surface area contributed by atoms with Crippen LogP contribution in [0.4, 0.5) is 5.69 Å². The van der Waals surface area contributed by atoms with Crippen LogP contribution in [-0.2, 0) is 29.9 Å². The average Bonchev–Trinajstić information content (AvgIpc) is 3.14. The van der Waals surface area contributed by atoms with E-state index in [1.54, 1.807) is 29.2 Å². The van der Waals surface area contributed by atoms with Crippen LogP contribution in [0, 0.1) is 16.0 Å². The second-order valence-electron chi connectivity index (χ2n) is 8.40. The van der Waals surface area contributed by atoms with Crippen LogP contribution < -0.4 is 10.3 Å². The number of ether oxygens (including phenoxy) is 2. The van der Waals surface area contributed by atoms with E-state index in [-0.39, 0.29) is 29.9 Å². The number of non-ortho nitro benzene ring substituents is 1. The summed E-state index contributed by atoms with van der Waals surface area (Å²) >= 11 is 3.20. The summed E-state index contributed by atoms with van der Waals surface area (Å²) in [5.41, 5.74) is 2.55. The number of aryl methyl sites for hydroxylation is 1. The Hall–Kier alpha value is -2.43. The van der Waals surface area contributed by atoms with E-state index < -0.39 is 4.92 Å². The lowest BCUT2D eigenvalue weighted by Gasteiger charge is -2.21. The largest absolute Gasteiger partial charge is 0.467 e. The number of fused-ring (bicyclic) bond motifs is 4. The molecule has 5 rings (SSSR count). The molecule has 0 saturated carbocycles. The summed E-state index contributed by atoms with van der Waals surface area (Å²) in [6.45, 7) is 4.65. The number of nitro benzene ring substituents is 1. The van der Waals surface area contributed by atoms with E-state index in [4.69, 9.17) is 14.5 Å². The molecule has 1 aliphatic heterocycles. The summed E-state index contributed by atoms with van der Waals surface area (Å²) in [7, 11) is 0. The van der Waals surface area contributed by atoms with E-state index in [2.05, 4.69) is 11.9 Å². The Morgan fingerprint density at radius 3 is 3.09 bits per heavy atom. The van der Waals surface area contributed by atoms with Gasteiger partial charge in [-0.3, -0.25) is 14.9 Å². The minimum absolute atomic E-state index is 0.0208. The first-order valence-electron chi connectivity index (χ1n) is 10.6. The van der Waals surface area contributed by atoms with Crippen molar-refractivity contribution in [1.29, 1.82) is 0 Å². The van der Waals surface area contributed by atoms with Crippen LogP contribution in [0.3, 0.4) is 0 Å². The maximum atomic E-state index is 12.9. The third-order valence-electron chi connectivity index (χ3n) is 6.04. The molecular weight excluding hydrogens is 450 g/mol. The molecule has 0 amide bonds. The van der Waals surface area contributed by atoms with Crippen molar-refractivity contribution in [3.8, 4) is 5.75 Å². The number of hydrogen-bond donors (Lipinski definition) is 1. The highest BCUT2D eigenvalue weighted by atomic mass is 32.2. The van der Waals surface area contributed by atoms with Gasteiger partial charge in [-0.05, 0) is 37.7 Å². The van der Waals surface area contributed by atoms with Crippen molar-refractivity contribution in [2.45, 2.75) is 50.7 Å². The molecule has 1 N–H and O–H groups in total. The Morgan fingerprint density at radius 2 is 2.28 bits per heavy atom. The lowest BCUT2D eigenvalue weighted by Crippen LogP contribution is -2.15. The maximum Gasteiger partial charge on any atom is 0.270 e. The Morgan fingerprint density at radius 1 is 1.44 bits per heavy atom. The second kappa shape index (κ2) is 8.49. The molecule has 0 radical (unpaired) electrons. The summed E-state index contributed by atoms with van der Waals surface area (Å²) in [5, 5.41) is 12.0. The number of thiophene rings is 1. The number of rotatable bonds is 5. The van der Waals surface area contributed by atoms with Crippen molar-refractivity contribution in [3.63, 3.8) is 0 Å². The molecule has 0 fully saturated rings. The standard InChI is InChI=1S/C22H23N3O5S2/c1-11-3-4-16-17(5-11)32-22-18(16)21(26)23-20(24-22)12(2)31-9-14-7-15(25(27)28)6-13-8-29-10-30-19(13)14/h6-7,11-12H,3-5,8-10H2,1-2H3,(H,23,24,26)/t11-,12-/m1/s1. The van der Waals surface area contributed by atoms with Crippen LogP contribution in [0.5, 0.6) is 5.75 Å². The Bertz CT molecular complexity index is 1270. The molecule has 1 aromatic carbocycles. The Balaban J connectivity index is 1.41. The topological polar surface area (TPSA) is 107 Å². The predicted molar refractivity (Wildman–Crippen MR) is 125 cm³/mol. The minimum atomic E-state index is -0.404. The van der Waals surface area contributed by atoms with E-state index in [1.807, 2.05) is 6.92 Å². The van der Waals surface area contributed by atoms with Gasteiger partial charge in [0.05, 0.1) is 22.2 Å². The fourth-order valence-electron chi connectivity index (χ4n) is 4.35. The van der Waals surface area contributed by atoms with Crippen LogP contribution in [0.2, 0.25) is 0 Å². The van der Waals surface area contributed by atoms with Crippen molar-refractivity contribution in [3.05, 3.63) is 60.0 Å². The summed E-state index contributed by atoms with van der Waals surface area (Å²) in [4.78, 5) is 33.7. The van der Waals surface area contributed by atoms with Crippen molar-refractivity contribution >= 4 is 39.0 Å². The van der Waals surface area contributed by atoms with Crippen LogP contribution >= 0.6 is 23.1 Å². The van der Waals surface area contributed by atoms with Gasteiger partial charge in [0.1, 0.15) is 16.4 Å². The van der Waals surface area contributed by atoms with E-state index in [0.717, 1.165) is 35.0 Å². The molecule has 32 heavy (non-hydrogen) atoms. The molecule has 8 nitrogen and oxygen atoms in total. The zero-order valence-electron chi connectivity index (χ0n) is 17.8. The predicted octanol–water partition coefficient (Wildman–Crippen LogP) is 4.88. The van der Waals surface area contributed by atoms with Gasteiger partial charge in [0.25, 0.3) is 11.2 Å². The number of thioether (sulfide) groups is 1. The number of nitro groups is 1. The highest BCUT2D eigenvalue weighted by Crippen LogP contribution is 2.39. The summed E-state index contributed by atoms with van der Waals surface area (Å²) in [6.07, 6.45) is 3.05. The first-order chi connectivity index (χ1) is 15.4. The molecule has 0 unspecified atom stereocenters. The first kappa shape index (κ1) is 21.4. The highest BCUT2D eigenvalue weighted by Gasteiger charge is 2.25. The zero-order valence-corrected chi connectivity index (χ0v) is 19.4. The van der Waals surface area contributed by atoms with Gasteiger partial charge in [-0.25, -0.2) is 4.98 Å². The molecule has 2 atom stereocenters. The summed E-state index contributed by atoms with van der Waals surface area (Å²) < 4.78 is 10.9. The highest BCUT2D eigenvalue weighted by molar-refractivity contribution is 7.98. The number of nitrogens with zero attached hydrogens (tertiary/aromatic N) is 2. The second-order valence-corrected chi connectivity index (χ2v) is 10.8. The molecule has 168 valence electrons. The SMILES string of the molecule is C[C@@H]1CCc2c(sc3nc([C@@H](C)SCc4cc([N+](=O)[O-])cc5c4OCOC5)[nH]c(=O)c23)C1. The molecular formula is C22H23N3O5S2. The quantitative estimate of drug-likeness (QED) is 0.416. The number of aromatic nitrogens is 2. The van der Waals surface area contributed by atoms with Crippen LogP contribution in [0.1, 0.15) is 52.9 Å². The van der Waals surface area contributed by atoms with Crippen molar-refractivity contribution in [2.24, 2.45) is 5.92 Å². The molecule has 1 aliphatic carbocycles. The van der Waals surface area contributed by atoms with Gasteiger partial charge in [0.15, 0.2) is 6.79 Å². The molecule has 3 heterocycles.